The molecule has 1 fully saturated rings. The number of nitrogens with two attached hydrogens (primary N) is 2. The van der Waals surface area contributed by atoms with E-state index in [1.807, 2.05) is 0 Å². The SMILES string of the molecule is NC(=O)c1ncc(OC2CC2)cc1N. The Bertz CT molecular complexity index is 374. The molecule has 4 N–H and O–H groups in total. The summed E-state index contributed by atoms with van der Waals surface area (Å²) in [6, 6.07) is 1.57. The lowest BCUT2D eigenvalue weighted by Crippen LogP contribution is -2.15. The molecule has 1 saturated carbocycles. The molecule has 1 aliphatic rings. The van der Waals surface area contributed by atoms with Crippen LogP contribution < -0.4 is 16.2 Å². The number of amides is 1. The first-order valence-electron chi connectivity index (χ1n) is 4.39. The second-order valence-corrected chi connectivity index (χ2v) is 3.29. The number of ether oxygens (including phenoxy) is 1. The van der Waals surface area contributed by atoms with Crippen LogP contribution in [0.1, 0.15) is 23.3 Å². The van der Waals surface area contributed by atoms with Crippen LogP contribution in [0.5, 0.6) is 5.75 Å². The molecule has 5 heteroatoms. The molecule has 1 heterocycles. The molecule has 0 saturated heterocycles. The molecule has 0 radical (unpaired) electrons. The summed E-state index contributed by atoms with van der Waals surface area (Å²) in [5.41, 5.74) is 11.0. The van der Waals surface area contributed by atoms with Crippen LogP contribution in [0.3, 0.4) is 0 Å². The molecule has 0 unspecified atom stereocenters. The van der Waals surface area contributed by atoms with E-state index in [1.54, 1.807) is 6.07 Å². The van der Waals surface area contributed by atoms with Crippen molar-refractivity contribution in [3.8, 4) is 5.75 Å². The number of hydrogen-bond acceptors (Lipinski definition) is 4. The zero-order chi connectivity index (χ0) is 10.1. The molecule has 0 atom stereocenters. The summed E-state index contributed by atoms with van der Waals surface area (Å²) in [4.78, 5) is 14.6. The van der Waals surface area contributed by atoms with E-state index in [0.29, 0.717) is 5.75 Å². The second kappa shape index (κ2) is 3.17. The van der Waals surface area contributed by atoms with E-state index in [2.05, 4.69) is 4.98 Å². The van der Waals surface area contributed by atoms with Crippen molar-refractivity contribution in [3.05, 3.63) is 18.0 Å². The van der Waals surface area contributed by atoms with Crippen molar-refractivity contribution in [2.45, 2.75) is 18.9 Å². The number of pyridine rings is 1. The van der Waals surface area contributed by atoms with E-state index in [-0.39, 0.29) is 17.5 Å². The fourth-order valence-corrected chi connectivity index (χ4v) is 1.11. The van der Waals surface area contributed by atoms with Gasteiger partial charge in [-0.3, -0.25) is 4.79 Å². The van der Waals surface area contributed by atoms with Gasteiger partial charge in [-0.2, -0.15) is 0 Å². The third-order valence-corrected chi connectivity index (χ3v) is 1.95. The standard InChI is InChI=1S/C9H11N3O2/c10-7-3-6(14-5-1-2-5)4-12-8(7)9(11)13/h3-5H,1-2,10H2,(H2,11,13). The first-order valence-corrected chi connectivity index (χ1v) is 4.39. The van der Waals surface area contributed by atoms with Gasteiger partial charge >= 0.3 is 0 Å². The lowest BCUT2D eigenvalue weighted by molar-refractivity contribution is 0.0996. The van der Waals surface area contributed by atoms with E-state index in [4.69, 9.17) is 16.2 Å². The molecular weight excluding hydrogens is 182 g/mol. The Morgan fingerprint density at radius 1 is 1.57 bits per heavy atom. The van der Waals surface area contributed by atoms with Crippen LogP contribution in [0.2, 0.25) is 0 Å². The van der Waals surface area contributed by atoms with Crippen LogP contribution in [0.15, 0.2) is 12.3 Å². The third-order valence-electron chi connectivity index (χ3n) is 1.95. The molecule has 0 bridgehead atoms. The van der Waals surface area contributed by atoms with E-state index < -0.39 is 5.91 Å². The maximum atomic E-state index is 10.8. The van der Waals surface area contributed by atoms with Crippen molar-refractivity contribution in [1.29, 1.82) is 0 Å². The summed E-state index contributed by atoms with van der Waals surface area (Å²) in [6.07, 6.45) is 3.89. The maximum absolute atomic E-state index is 10.8. The molecule has 1 aliphatic carbocycles. The first kappa shape index (κ1) is 8.80. The first-order chi connectivity index (χ1) is 6.66. The molecule has 1 aromatic rings. The minimum atomic E-state index is -0.625. The predicted octanol–water partition coefficient (Wildman–Crippen LogP) is 0.304. The maximum Gasteiger partial charge on any atom is 0.269 e. The minimum absolute atomic E-state index is 0.0909. The van der Waals surface area contributed by atoms with Gasteiger partial charge in [0, 0.05) is 6.07 Å². The van der Waals surface area contributed by atoms with Gasteiger partial charge in [0.15, 0.2) is 5.69 Å². The average molecular weight is 193 g/mol. The number of anilines is 1. The highest BCUT2D eigenvalue weighted by Gasteiger charge is 2.24. The number of nitrogen functional groups attached to an aromatic ring is 1. The topological polar surface area (TPSA) is 91.2 Å². The van der Waals surface area contributed by atoms with Crippen LogP contribution >= 0.6 is 0 Å². The zero-order valence-corrected chi connectivity index (χ0v) is 7.56. The number of hydrogen-bond donors (Lipinski definition) is 2. The highest BCUT2D eigenvalue weighted by molar-refractivity contribution is 5.95. The molecule has 14 heavy (non-hydrogen) atoms. The van der Waals surface area contributed by atoms with E-state index in [1.165, 1.54) is 6.20 Å². The van der Waals surface area contributed by atoms with Crippen molar-refractivity contribution in [2.75, 3.05) is 5.73 Å². The summed E-state index contributed by atoms with van der Waals surface area (Å²) in [5, 5.41) is 0. The summed E-state index contributed by atoms with van der Waals surface area (Å²) in [6.45, 7) is 0. The van der Waals surface area contributed by atoms with E-state index in [9.17, 15) is 4.79 Å². The van der Waals surface area contributed by atoms with Crippen LogP contribution in [-0.2, 0) is 0 Å². The zero-order valence-electron chi connectivity index (χ0n) is 7.56. The quantitative estimate of drug-likeness (QED) is 0.722. The molecule has 0 aliphatic heterocycles. The number of nitrogens with zero attached hydrogens (tertiary/aromatic N) is 1. The summed E-state index contributed by atoms with van der Waals surface area (Å²) < 4.78 is 5.45. The van der Waals surface area contributed by atoms with Gasteiger partial charge in [-0.15, -0.1) is 0 Å². The van der Waals surface area contributed by atoms with Gasteiger partial charge in [-0.1, -0.05) is 0 Å². The Kier molecular flexibility index (Phi) is 1.99. The number of rotatable bonds is 3. The van der Waals surface area contributed by atoms with E-state index >= 15 is 0 Å². The monoisotopic (exact) mass is 193 g/mol. The third kappa shape index (κ3) is 1.76. The molecule has 0 spiro atoms. The van der Waals surface area contributed by atoms with Gasteiger partial charge in [0.05, 0.1) is 18.0 Å². The van der Waals surface area contributed by atoms with Crippen molar-refractivity contribution in [1.82, 2.24) is 4.98 Å². The Morgan fingerprint density at radius 2 is 2.29 bits per heavy atom. The molecule has 74 valence electrons. The average Bonchev–Trinajstić information content (AvgIpc) is 2.87. The van der Waals surface area contributed by atoms with Crippen molar-refractivity contribution < 1.29 is 9.53 Å². The Balaban J connectivity index is 2.20. The van der Waals surface area contributed by atoms with Gasteiger partial charge in [0.2, 0.25) is 0 Å². The van der Waals surface area contributed by atoms with Crippen molar-refractivity contribution >= 4 is 11.6 Å². The van der Waals surface area contributed by atoms with Crippen LogP contribution in [-0.4, -0.2) is 17.0 Å². The fourth-order valence-electron chi connectivity index (χ4n) is 1.11. The van der Waals surface area contributed by atoms with Crippen LogP contribution in [0.4, 0.5) is 5.69 Å². The van der Waals surface area contributed by atoms with Gasteiger partial charge in [0.25, 0.3) is 5.91 Å². The Labute approximate surface area is 81.1 Å². The molecule has 5 nitrogen and oxygen atoms in total. The number of carbonyl (C=O) groups is 1. The van der Waals surface area contributed by atoms with E-state index in [0.717, 1.165) is 12.8 Å². The van der Waals surface area contributed by atoms with Crippen molar-refractivity contribution in [3.63, 3.8) is 0 Å². The molecular formula is C9H11N3O2. The minimum Gasteiger partial charge on any atom is -0.489 e. The van der Waals surface area contributed by atoms with Gasteiger partial charge in [0.1, 0.15) is 5.75 Å². The molecule has 2 rings (SSSR count). The Morgan fingerprint density at radius 3 is 2.79 bits per heavy atom. The number of carbonyl (C=O) groups excluding carboxylic acids is 1. The molecule has 1 aromatic heterocycles. The predicted molar refractivity (Wildman–Crippen MR) is 50.8 cm³/mol. The number of primary amides is 1. The normalized spacial score (nSPS) is 15.1. The highest BCUT2D eigenvalue weighted by Crippen LogP contribution is 2.27. The van der Waals surface area contributed by atoms with Crippen LogP contribution in [0, 0.1) is 0 Å². The number of aromatic nitrogens is 1. The fraction of sp³-hybridized carbons (Fsp3) is 0.333. The molecule has 1 amide bonds. The largest absolute Gasteiger partial charge is 0.489 e. The van der Waals surface area contributed by atoms with Gasteiger partial charge in [-0.05, 0) is 12.8 Å². The summed E-state index contributed by atoms with van der Waals surface area (Å²) in [7, 11) is 0. The smallest absolute Gasteiger partial charge is 0.269 e. The van der Waals surface area contributed by atoms with Gasteiger partial charge in [-0.25, -0.2) is 4.98 Å². The second-order valence-electron chi connectivity index (χ2n) is 3.29. The summed E-state index contributed by atoms with van der Waals surface area (Å²) in [5.74, 6) is -0.0320. The molecule has 0 aromatic carbocycles. The summed E-state index contributed by atoms with van der Waals surface area (Å²) >= 11 is 0. The highest BCUT2D eigenvalue weighted by atomic mass is 16.5. The Hall–Kier alpha value is -1.78. The van der Waals surface area contributed by atoms with Crippen LogP contribution in [0.25, 0.3) is 0 Å². The van der Waals surface area contributed by atoms with Gasteiger partial charge < -0.3 is 16.2 Å². The van der Waals surface area contributed by atoms with Crippen molar-refractivity contribution in [2.24, 2.45) is 5.73 Å². The lowest BCUT2D eigenvalue weighted by atomic mass is 10.3. The lowest BCUT2D eigenvalue weighted by Gasteiger charge is -2.05.